The molecule has 6 heteroatoms. The molecule has 1 heterocycles. The zero-order valence-electron chi connectivity index (χ0n) is 7.94. The van der Waals surface area contributed by atoms with Crippen molar-refractivity contribution in [3.8, 4) is 12.3 Å². The molecule has 1 rings (SSSR count). The Hall–Kier alpha value is -1.09. The first-order valence-corrected chi connectivity index (χ1v) is 5.92. The van der Waals surface area contributed by atoms with Gasteiger partial charge in [0, 0.05) is 6.20 Å². The van der Waals surface area contributed by atoms with E-state index in [9.17, 15) is 8.42 Å². The summed E-state index contributed by atoms with van der Waals surface area (Å²) < 4.78 is 25.7. The fraction of sp³-hybridized carbons (Fsp3) is 0.222. The van der Waals surface area contributed by atoms with Crippen molar-refractivity contribution in [1.29, 1.82) is 0 Å². The minimum atomic E-state index is -3.69. The van der Waals surface area contributed by atoms with Crippen LogP contribution in [0.3, 0.4) is 0 Å². The van der Waals surface area contributed by atoms with Crippen LogP contribution >= 0.6 is 11.6 Å². The predicted molar refractivity (Wildman–Crippen MR) is 57.9 cm³/mol. The van der Waals surface area contributed by atoms with Crippen molar-refractivity contribution in [2.45, 2.75) is 17.9 Å². The first-order chi connectivity index (χ1) is 6.97. The lowest BCUT2D eigenvalue weighted by Crippen LogP contribution is -2.31. The Balaban J connectivity index is 3.09. The molecule has 4 nitrogen and oxygen atoms in total. The van der Waals surface area contributed by atoms with Gasteiger partial charge in [-0.05, 0) is 19.1 Å². The SMILES string of the molecule is C#CC(C)NS(=O)(=O)c1cccnc1Cl. The molecule has 1 aromatic heterocycles. The molecule has 0 aliphatic carbocycles. The van der Waals surface area contributed by atoms with Crippen LogP contribution in [0.25, 0.3) is 0 Å². The highest BCUT2D eigenvalue weighted by atomic mass is 35.5. The fourth-order valence-corrected chi connectivity index (χ4v) is 2.52. The topological polar surface area (TPSA) is 59.1 Å². The second-order valence-corrected chi connectivity index (χ2v) is 4.84. The molecule has 0 amide bonds. The molecule has 0 saturated heterocycles. The van der Waals surface area contributed by atoms with Gasteiger partial charge in [0.2, 0.25) is 10.0 Å². The molecular formula is C9H9ClN2O2S. The molecule has 1 aromatic rings. The van der Waals surface area contributed by atoms with Gasteiger partial charge in [0.1, 0.15) is 10.0 Å². The molecule has 1 N–H and O–H groups in total. The van der Waals surface area contributed by atoms with Gasteiger partial charge in [-0.1, -0.05) is 17.5 Å². The molecule has 0 aliphatic heterocycles. The van der Waals surface area contributed by atoms with E-state index in [0.29, 0.717) is 0 Å². The van der Waals surface area contributed by atoms with Gasteiger partial charge >= 0.3 is 0 Å². The number of terminal acetylenes is 1. The summed E-state index contributed by atoms with van der Waals surface area (Å²) in [5, 5.41) is -0.0748. The van der Waals surface area contributed by atoms with Crippen molar-refractivity contribution >= 4 is 21.6 Å². The van der Waals surface area contributed by atoms with E-state index in [2.05, 4.69) is 15.6 Å². The maximum atomic E-state index is 11.7. The minimum absolute atomic E-state index is 0.0748. The van der Waals surface area contributed by atoms with E-state index in [0.717, 1.165) is 0 Å². The van der Waals surface area contributed by atoms with Crippen molar-refractivity contribution in [2.75, 3.05) is 0 Å². The van der Waals surface area contributed by atoms with Crippen LogP contribution in [0.15, 0.2) is 23.2 Å². The van der Waals surface area contributed by atoms with Crippen LogP contribution in [0.5, 0.6) is 0 Å². The summed E-state index contributed by atoms with van der Waals surface area (Å²) in [5.74, 6) is 2.26. The van der Waals surface area contributed by atoms with Gasteiger partial charge in [0.25, 0.3) is 0 Å². The molecule has 0 bridgehead atoms. The number of nitrogens with one attached hydrogen (secondary N) is 1. The third kappa shape index (κ3) is 2.93. The van der Waals surface area contributed by atoms with Crippen LogP contribution in [0, 0.1) is 12.3 Å². The van der Waals surface area contributed by atoms with Crippen molar-refractivity contribution in [3.05, 3.63) is 23.5 Å². The molecule has 0 saturated carbocycles. The third-order valence-electron chi connectivity index (χ3n) is 1.60. The zero-order chi connectivity index (χ0) is 11.5. The van der Waals surface area contributed by atoms with Gasteiger partial charge in [0.15, 0.2) is 0 Å². The number of halogens is 1. The van der Waals surface area contributed by atoms with Gasteiger partial charge in [-0.3, -0.25) is 0 Å². The second kappa shape index (κ2) is 4.62. The predicted octanol–water partition coefficient (Wildman–Crippen LogP) is 1.04. The Morgan fingerprint density at radius 3 is 2.87 bits per heavy atom. The summed E-state index contributed by atoms with van der Waals surface area (Å²) in [6.45, 7) is 1.56. The molecule has 0 spiro atoms. The van der Waals surface area contributed by atoms with Gasteiger partial charge < -0.3 is 0 Å². The summed E-state index contributed by atoms with van der Waals surface area (Å²) in [7, 11) is -3.69. The van der Waals surface area contributed by atoms with Crippen LogP contribution in [-0.2, 0) is 10.0 Å². The van der Waals surface area contributed by atoms with Crippen molar-refractivity contribution in [2.24, 2.45) is 0 Å². The normalized spacial score (nSPS) is 13.1. The molecule has 0 fully saturated rings. The summed E-state index contributed by atoms with van der Waals surface area (Å²) in [5.41, 5.74) is 0. The largest absolute Gasteiger partial charge is 0.244 e. The first-order valence-electron chi connectivity index (χ1n) is 4.06. The Bertz CT molecular complexity index is 493. The summed E-state index contributed by atoms with van der Waals surface area (Å²) in [6.07, 6.45) is 6.48. The Morgan fingerprint density at radius 1 is 1.67 bits per heavy atom. The van der Waals surface area contributed by atoms with Crippen LogP contribution in [0.1, 0.15) is 6.92 Å². The zero-order valence-corrected chi connectivity index (χ0v) is 9.51. The van der Waals surface area contributed by atoms with E-state index in [1.54, 1.807) is 6.92 Å². The number of hydrogen-bond acceptors (Lipinski definition) is 3. The molecule has 0 aliphatic rings. The molecule has 1 atom stereocenters. The fourth-order valence-electron chi connectivity index (χ4n) is 0.902. The van der Waals surface area contributed by atoms with E-state index in [1.165, 1.54) is 18.3 Å². The van der Waals surface area contributed by atoms with Crippen molar-refractivity contribution in [3.63, 3.8) is 0 Å². The molecule has 0 aromatic carbocycles. The summed E-state index contributed by atoms with van der Waals surface area (Å²) in [4.78, 5) is 3.60. The standard InChI is InChI=1S/C9H9ClN2O2S/c1-3-7(2)12-15(13,14)8-5-4-6-11-9(8)10/h1,4-7,12H,2H3. The summed E-state index contributed by atoms with van der Waals surface area (Å²) >= 11 is 5.65. The van der Waals surface area contributed by atoms with E-state index in [1.807, 2.05) is 0 Å². The number of nitrogens with zero attached hydrogens (tertiary/aromatic N) is 1. The number of hydrogen-bond donors (Lipinski definition) is 1. The van der Waals surface area contributed by atoms with E-state index < -0.39 is 16.1 Å². The van der Waals surface area contributed by atoms with Crippen LogP contribution in [-0.4, -0.2) is 19.4 Å². The monoisotopic (exact) mass is 244 g/mol. The lowest BCUT2D eigenvalue weighted by atomic mass is 10.4. The molecule has 15 heavy (non-hydrogen) atoms. The highest BCUT2D eigenvalue weighted by Gasteiger charge is 2.19. The first kappa shape index (κ1) is 12.0. The van der Waals surface area contributed by atoms with E-state index in [-0.39, 0.29) is 10.0 Å². The third-order valence-corrected chi connectivity index (χ3v) is 3.58. The highest BCUT2D eigenvalue weighted by molar-refractivity contribution is 7.89. The van der Waals surface area contributed by atoms with Gasteiger partial charge in [0.05, 0.1) is 6.04 Å². The van der Waals surface area contributed by atoms with Crippen molar-refractivity contribution < 1.29 is 8.42 Å². The molecule has 0 radical (unpaired) electrons. The summed E-state index contributed by atoms with van der Waals surface area (Å²) in [6, 6.07) is 2.26. The Morgan fingerprint density at radius 2 is 2.33 bits per heavy atom. The lowest BCUT2D eigenvalue weighted by molar-refractivity contribution is 0.577. The van der Waals surface area contributed by atoms with Crippen molar-refractivity contribution in [1.82, 2.24) is 9.71 Å². The quantitative estimate of drug-likeness (QED) is 0.638. The Labute approximate surface area is 93.7 Å². The molecule has 1 unspecified atom stereocenters. The number of aromatic nitrogens is 1. The van der Waals surface area contributed by atoms with Crippen LogP contribution < -0.4 is 4.72 Å². The number of sulfonamides is 1. The molecular weight excluding hydrogens is 236 g/mol. The lowest BCUT2D eigenvalue weighted by Gasteiger charge is -2.09. The van der Waals surface area contributed by atoms with E-state index in [4.69, 9.17) is 18.0 Å². The maximum absolute atomic E-state index is 11.7. The van der Waals surface area contributed by atoms with Gasteiger partial charge in [-0.25, -0.2) is 13.4 Å². The average Bonchev–Trinajstić information content (AvgIpc) is 2.17. The highest BCUT2D eigenvalue weighted by Crippen LogP contribution is 2.17. The molecule has 80 valence electrons. The minimum Gasteiger partial charge on any atom is -0.243 e. The van der Waals surface area contributed by atoms with Crippen LogP contribution in [0.2, 0.25) is 5.15 Å². The maximum Gasteiger partial charge on any atom is 0.244 e. The Kier molecular flexibility index (Phi) is 3.69. The second-order valence-electron chi connectivity index (χ2n) is 2.80. The number of rotatable bonds is 3. The van der Waals surface area contributed by atoms with Gasteiger partial charge in [-0.2, -0.15) is 4.72 Å². The number of pyridine rings is 1. The van der Waals surface area contributed by atoms with E-state index >= 15 is 0 Å². The smallest absolute Gasteiger partial charge is 0.243 e. The van der Waals surface area contributed by atoms with Gasteiger partial charge in [-0.15, -0.1) is 6.42 Å². The van der Waals surface area contributed by atoms with Crippen LogP contribution in [0.4, 0.5) is 0 Å². The average molecular weight is 245 g/mol.